The Kier molecular flexibility index (Phi) is 3.51. The fourth-order valence-corrected chi connectivity index (χ4v) is 4.24. The number of nitrogens with one attached hydrogen (secondary N) is 2. The Labute approximate surface area is 86.9 Å². The van der Waals surface area contributed by atoms with Crippen molar-refractivity contribution in [1.82, 2.24) is 0 Å². The van der Waals surface area contributed by atoms with E-state index in [1.807, 2.05) is 0 Å². The second-order valence-corrected chi connectivity index (χ2v) is 7.12. The van der Waals surface area contributed by atoms with Crippen molar-refractivity contribution in [2.45, 2.75) is 5.40 Å². The molecule has 6 N–H and O–H groups in total. The van der Waals surface area contributed by atoms with Gasteiger partial charge in [-0.1, -0.05) is 30.3 Å². The van der Waals surface area contributed by atoms with Gasteiger partial charge in [0, 0.05) is 0 Å². The summed E-state index contributed by atoms with van der Waals surface area (Å²) in [7, 11) is -8.51. The molecule has 1 rings (SSSR count). The van der Waals surface area contributed by atoms with E-state index in [-0.39, 0.29) is 5.56 Å². The molecule has 0 aliphatic rings. The monoisotopic (exact) mass is 250 g/mol. The molecule has 0 atom stereocenters. The molecule has 0 saturated carbocycles. The zero-order chi connectivity index (χ0) is 11.7. The van der Waals surface area contributed by atoms with Gasteiger partial charge in [-0.15, -0.1) is 0 Å². The molecule has 0 fully saturated rings. The average molecular weight is 250 g/mol. The van der Waals surface area contributed by atoms with Crippen molar-refractivity contribution in [3.05, 3.63) is 35.9 Å². The van der Waals surface area contributed by atoms with Gasteiger partial charge in [0.1, 0.15) is 5.40 Å². The molecular formula is C7H12N2O4P2. The van der Waals surface area contributed by atoms with Crippen LogP contribution in [0.1, 0.15) is 11.0 Å². The normalized spacial score (nSPS) is 13.1. The summed E-state index contributed by atoms with van der Waals surface area (Å²) in [6.07, 6.45) is 0. The van der Waals surface area contributed by atoms with Crippen molar-refractivity contribution in [2.24, 2.45) is 0 Å². The number of hydrogen-bond donors (Lipinski definition) is 6. The van der Waals surface area contributed by atoms with Gasteiger partial charge in [-0.2, -0.15) is 0 Å². The fraction of sp³-hybridized carbons (Fsp3) is 0.143. The Balaban J connectivity index is 3.27. The van der Waals surface area contributed by atoms with E-state index >= 15 is 0 Å². The highest BCUT2D eigenvalue weighted by Gasteiger charge is 2.37. The first kappa shape index (κ1) is 12.6. The lowest BCUT2D eigenvalue weighted by Gasteiger charge is -2.24. The molecule has 0 unspecified atom stereocenters. The summed E-state index contributed by atoms with van der Waals surface area (Å²) in [6.45, 7) is 0. The lowest BCUT2D eigenvalue weighted by atomic mass is 10.2. The fourth-order valence-electron chi connectivity index (χ4n) is 1.27. The molecule has 0 aliphatic carbocycles. The summed E-state index contributed by atoms with van der Waals surface area (Å²) in [4.78, 5) is 36.8. The SMILES string of the molecule is N=P(O)(O)C(c1ccccc1)P(=N)(O)O. The van der Waals surface area contributed by atoms with E-state index in [1.165, 1.54) is 12.1 Å². The number of rotatable bonds is 3. The third-order valence-corrected chi connectivity index (χ3v) is 5.67. The van der Waals surface area contributed by atoms with Gasteiger partial charge in [0.25, 0.3) is 0 Å². The van der Waals surface area contributed by atoms with Gasteiger partial charge in [-0.25, -0.2) is 0 Å². The topological polar surface area (TPSA) is 129 Å². The molecule has 1 aromatic rings. The zero-order valence-corrected chi connectivity index (χ0v) is 9.44. The van der Waals surface area contributed by atoms with E-state index in [0.717, 1.165) is 0 Å². The molecule has 0 spiro atoms. The molecule has 1 aromatic carbocycles. The highest BCUT2D eigenvalue weighted by atomic mass is 31.2. The van der Waals surface area contributed by atoms with Gasteiger partial charge in [0.15, 0.2) is 0 Å². The van der Waals surface area contributed by atoms with Crippen LogP contribution in [0.5, 0.6) is 0 Å². The summed E-state index contributed by atoms with van der Waals surface area (Å²) >= 11 is 0. The van der Waals surface area contributed by atoms with Gasteiger partial charge in [-0.3, -0.25) is 10.3 Å². The van der Waals surface area contributed by atoms with Crippen LogP contribution in [0, 0.1) is 10.3 Å². The maximum Gasteiger partial charge on any atom is 0.222 e. The van der Waals surface area contributed by atoms with Crippen LogP contribution in [0.15, 0.2) is 30.3 Å². The molecule has 0 aliphatic heterocycles. The van der Waals surface area contributed by atoms with Crippen LogP contribution in [-0.4, -0.2) is 19.6 Å². The predicted molar refractivity (Wildman–Crippen MR) is 57.3 cm³/mol. The Bertz CT molecular complexity index is 402. The van der Waals surface area contributed by atoms with Crippen LogP contribution in [0.2, 0.25) is 0 Å². The van der Waals surface area contributed by atoms with Crippen molar-refractivity contribution in [2.75, 3.05) is 0 Å². The minimum absolute atomic E-state index is 0.180. The van der Waals surface area contributed by atoms with Crippen molar-refractivity contribution >= 4 is 15.0 Å². The molecule has 0 aromatic heterocycles. The molecule has 8 heteroatoms. The van der Waals surface area contributed by atoms with Gasteiger partial charge in [-0.05, 0) is 5.56 Å². The number of hydrogen-bond acceptors (Lipinski definition) is 2. The van der Waals surface area contributed by atoms with Crippen molar-refractivity contribution in [3.8, 4) is 0 Å². The lowest BCUT2D eigenvalue weighted by Crippen LogP contribution is -2.00. The van der Waals surface area contributed by atoms with E-state index in [0.29, 0.717) is 0 Å². The smallest absolute Gasteiger partial charge is 0.222 e. The van der Waals surface area contributed by atoms with Crippen molar-refractivity contribution in [1.29, 1.82) is 10.3 Å². The summed E-state index contributed by atoms with van der Waals surface area (Å²) in [5.41, 5.74) is 0.180. The highest BCUT2D eigenvalue weighted by molar-refractivity contribution is 7.71. The Morgan fingerprint density at radius 3 is 1.60 bits per heavy atom. The van der Waals surface area contributed by atoms with Crippen LogP contribution >= 0.6 is 15.0 Å². The first-order chi connectivity index (χ1) is 6.73. The minimum atomic E-state index is -4.26. The highest BCUT2D eigenvalue weighted by Crippen LogP contribution is 2.70. The third-order valence-electron chi connectivity index (χ3n) is 1.78. The van der Waals surface area contributed by atoms with Crippen LogP contribution in [0.4, 0.5) is 0 Å². The van der Waals surface area contributed by atoms with E-state index in [9.17, 15) is 19.6 Å². The molecular weight excluding hydrogens is 238 g/mol. The molecule has 0 saturated heterocycles. The maximum absolute atomic E-state index is 9.19. The average Bonchev–Trinajstić information content (AvgIpc) is 2.00. The lowest BCUT2D eigenvalue weighted by molar-refractivity contribution is 0.427. The Morgan fingerprint density at radius 1 is 0.867 bits per heavy atom. The van der Waals surface area contributed by atoms with E-state index in [2.05, 4.69) is 0 Å². The van der Waals surface area contributed by atoms with Gasteiger partial charge < -0.3 is 19.6 Å². The van der Waals surface area contributed by atoms with Gasteiger partial charge in [0.2, 0.25) is 15.0 Å². The summed E-state index contributed by atoms with van der Waals surface area (Å²) in [5, 5.41) is 12.6. The molecule has 0 amide bonds. The van der Waals surface area contributed by atoms with Crippen LogP contribution < -0.4 is 0 Å². The quantitative estimate of drug-likeness (QED) is 0.457. The largest absolute Gasteiger partial charge is 0.339 e. The second kappa shape index (κ2) is 4.18. The first-order valence-corrected chi connectivity index (χ1v) is 7.49. The summed E-state index contributed by atoms with van der Waals surface area (Å²) in [6, 6.07) is 7.64. The van der Waals surface area contributed by atoms with E-state index in [4.69, 9.17) is 10.3 Å². The first-order valence-electron chi connectivity index (χ1n) is 3.96. The van der Waals surface area contributed by atoms with Gasteiger partial charge in [0.05, 0.1) is 0 Å². The molecule has 6 nitrogen and oxygen atoms in total. The second-order valence-electron chi connectivity index (χ2n) is 3.08. The van der Waals surface area contributed by atoms with Gasteiger partial charge >= 0.3 is 0 Å². The molecule has 0 bridgehead atoms. The Hall–Kier alpha value is -0.480. The van der Waals surface area contributed by atoms with E-state index in [1.54, 1.807) is 18.2 Å². The summed E-state index contributed by atoms with van der Waals surface area (Å²) < 4.78 is 0. The van der Waals surface area contributed by atoms with E-state index < -0.39 is 20.4 Å². The van der Waals surface area contributed by atoms with Crippen LogP contribution in [0.3, 0.4) is 0 Å². The maximum atomic E-state index is 9.19. The standard InChI is InChI=1S/C7H12N2O4P2/c8-14(10,11)7(15(9,12)13)6-4-2-1-3-5-6/h1-5,7H,(H3,8,10,11)(H3,9,12,13). The van der Waals surface area contributed by atoms with Crippen molar-refractivity contribution < 1.29 is 19.6 Å². The molecule has 84 valence electrons. The molecule has 0 radical (unpaired) electrons. The number of benzene rings is 1. The molecule has 15 heavy (non-hydrogen) atoms. The third kappa shape index (κ3) is 3.24. The Morgan fingerprint density at radius 2 is 1.27 bits per heavy atom. The van der Waals surface area contributed by atoms with Crippen LogP contribution in [-0.2, 0) is 0 Å². The zero-order valence-electron chi connectivity index (χ0n) is 7.65. The summed E-state index contributed by atoms with van der Waals surface area (Å²) in [5.74, 6) is 0. The molecule has 0 heterocycles. The minimum Gasteiger partial charge on any atom is -0.339 e. The van der Waals surface area contributed by atoms with Crippen molar-refractivity contribution in [3.63, 3.8) is 0 Å². The predicted octanol–water partition coefficient (Wildman–Crippen LogP) is 1.87. The van der Waals surface area contributed by atoms with Crippen LogP contribution in [0.25, 0.3) is 0 Å².